The number of benzene rings is 1. The van der Waals surface area contributed by atoms with E-state index in [1.165, 1.54) is 0 Å². The van der Waals surface area contributed by atoms with E-state index < -0.39 is 6.10 Å². The van der Waals surface area contributed by atoms with E-state index in [1.54, 1.807) is 14.2 Å². The van der Waals surface area contributed by atoms with Crippen LogP contribution in [0.4, 0.5) is 5.69 Å². The van der Waals surface area contributed by atoms with Crippen LogP contribution in [0.3, 0.4) is 0 Å². The molecule has 0 amide bonds. The van der Waals surface area contributed by atoms with E-state index >= 15 is 0 Å². The normalized spacial score (nSPS) is 22.8. The Kier molecular flexibility index (Phi) is 3.87. The number of anilines is 1. The maximum atomic E-state index is 9.88. The van der Waals surface area contributed by atoms with Crippen LogP contribution in [0.5, 0.6) is 11.5 Å². The SMILES string of the molecule is COc1c(C)c(C[C@H](C)O)c2c(c1OC)C1C=CC=CC1N2. The summed E-state index contributed by atoms with van der Waals surface area (Å²) in [5, 5.41) is 13.5. The molecule has 1 aromatic rings. The van der Waals surface area contributed by atoms with Crippen LogP contribution in [-0.4, -0.2) is 31.5 Å². The summed E-state index contributed by atoms with van der Waals surface area (Å²) >= 11 is 0. The van der Waals surface area contributed by atoms with Crippen molar-refractivity contribution < 1.29 is 14.6 Å². The fraction of sp³-hybridized carbons (Fsp3) is 0.444. The number of hydrogen-bond acceptors (Lipinski definition) is 4. The number of fused-ring (bicyclic) bond motifs is 3. The Bertz CT molecular complexity index is 646. The second-order valence-electron chi connectivity index (χ2n) is 5.98. The molecule has 1 heterocycles. The molecule has 0 radical (unpaired) electrons. The van der Waals surface area contributed by atoms with Crippen molar-refractivity contribution in [2.75, 3.05) is 19.5 Å². The van der Waals surface area contributed by atoms with Crippen LogP contribution in [0.1, 0.15) is 29.5 Å². The van der Waals surface area contributed by atoms with Gasteiger partial charge in [0.1, 0.15) is 0 Å². The van der Waals surface area contributed by atoms with E-state index in [4.69, 9.17) is 9.47 Å². The monoisotopic (exact) mass is 301 g/mol. The zero-order valence-corrected chi connectivity index (χ0v) is 13.5. The molecule has 4 nitrogen and oxygen atoms in total. The molecular formula is C18H23NO3. The van der Waals surface area contributed by atoms with Gasteiger partial charge in [-0.25, -0.2) is 0 Å². The van der Waals surface area contributed by atoms with Crippen molar-refractivity contribution in [2.45, 2.75) is 38.3 Å². The molecule has 4 heteroatoms. The maximum Gasteiger partial charge on any atom is 0.166 e. The van der Waals surface area contributed by atoms with Gasteiger partial charge in [0.2, 0.25) is 0 Å². The second kappa shape index (κ2) is 5.69. The highest BCUT2D eigenvalue weighted by atomic mass is 16.5. The van der Waals surface area contributed by atoms with Gasteiger partial charge in [0.15, 0.2) is 11.5 Å². The number of rotatable bonds is 4. The van der Waals surface area contributed by atoms with E-state index in [9.17, 15) is 5.11 Å². The second-order valence-corrected chi connectivity index (χ2v) is 5.98. The van der Waals surface area contributed by atoms with Gasteiger partial charge in [-0.15, -0.1) is 0 Å². The third kappa shape index (κ3) is 2.18. The number of ether oxygens (including phenoxy) is 2. The van der Waals surface area contributed by atoms with Gasteiger partial charge in [-0.05, 0) is 19.4 Å². The lowest BCUT2D eigenvalue weighted by Crippen LogP contribution is -2.18. The Labute approximate surface area is 131 Å². The highest BCUT2D eigenvalue weighted by Crippen LogP contribution is 2.52. The molecule has 0 spiro atoms. The van der Waals surface area contributed by atoms with Crippen molar-refractivity contribution in [1.82, 2.24) is 0 Å². The Morgan fingerprint density at radius 1 is 1.18 bits per heavy atom. The first-order valence-corrected chi connectivity index (χ1v) is 7.65. The van der Waals surface area contributed by atoms with E-state index in [0.29, 0.717) is 6.42 Å². The highest BCUT2D eigenvalue weighted by Gasteiger charge is 2.37. The first-order chi connectivity index (χ1) is 10.6. The van der Waals surface area contributed by atoms with E-state index in [0.717, 1.165) is 33.9 Å². The Morgan fingerprint density at radius 2 is 1.86 bits per heavy atom. The molecule has 0 saturated carbocycles. The molecular weight excluding hydrogens is 278 g/mol. The number of nitrogens with one attached hydrogen (secondary N) is 1. The summed E-state index contributed by atoms with van der Waals surface area (Å²) in [6, 6.07) is 0.230. The first-order valence-electron chi connectivity index (χ1n) is 7.65. The number of aliphatic hydroxyl groups is 1. The zero-order valence-electron chi connectivity index (χ0n) is 13.5. The number of allylic oxidation sites excluding steroid dienone is 2. The fourth-order valence-electron chi connectivity index (χ4n) is 3.56. The lowest BCUT2D eigenvalue weighted by Gasteiger charge is -2.21. The average molecular weight is 301 g/mol. The largest absolute Gasteiger partial charge is 0.493 e. The lowest BCUT2D eigenvalue weighted by atomic mass is 9.87. The summed E-state index contributed by atoms with van der Waals surface area (Å²) in [5.41, 5.74) is 4.35. The predicted molar refractivity (Wildman–Crippen MR) is 88.1 cm³/mol. The van der Waals surface area contributed by atoms with Gasteiger partial charge in [0.25, 0.3) is 0 Å². The van der Waals surface area contributed by atoms with Crippen LogP contribution >= 0.6 is 0 Å². The van der Waals surface area contributed by atoms with Crippen molar-refractivity contribution in [1.29, 1.82) is 0 Å². The minimum absolute atomic E-state index is 0.230. The minimum atomic E-state index is -0.406. The minimum Gasteiger partial charge on any atom is -0.493 e. The smallest absolute Gasteiger partial charge is 0.166 e. The predicted octanol–water partition coefficient (Wildman–Crippen LogP) is 2.94. The molecule has 1 aromatic carbocycles. The maximum absolute atomic E-state index is 9.88. The first kappa shape index (κ1) is 15.0. The van der Waals surface area contributed by atoms with Gasteiger partial charge >= 0.3 is 0 Å². The quantitative estimate of drug-likeness (QED) is 0.898. The summed E-state index contributed by atoms with van der Waals surface area (Å²) in [5.74, 6) is 1.80. The van der Waals surface area contributed by atoms with Gasteiger partial charge < -0.3 is 19.9 Å². The molecule has 0 bridgehead atoms. The van der Waals surface area contributed by atoms with Crippen LogP contribution in [-0.2, 0) is 6.42 Å². The lowest BCUT2D eigenvalue weighted by molar-refractivity contribution is 0.195. The van der Waals surface area contributed by atoms with E-state index in [2.05, 4.69) is 29.6 Å². The molecule has 3 atom stereocenters. The Hall–Kier alpha value is -1.94. The number of hydrogen-bond donors (Lipinski definition) is 2. The standard InChI is InChI=1S/C18H23NO3/c1-10(20)9-13-11(2)17(21-3)18(22-4)15-12-7-5-6-8-14(12)19-16(13)15/h5-8,10,12,14,19-20H,9H2,1-4H3/t10-,12?,14?/m0/s1. The molecule has 118 valence electrons. The van der Waals surface area contributed by atoms with Gasteiger partial charge in [-0.1, -0.05) is 24.3 Å². The van der Waals surface area contributed by atoms with Crippen LogP contribution in [0.25, 0.3) is 0 Å². The molecule has 1 aliphatic carbocycles. The average Bonchev–Trinajstić information content (AvgIpc) is 2.88. The molecule has 22 heavy (non-hydrogen) atoms. The zero-order chi connectivity index (χ0) is 15.9. The van der Waals surface area contributed by atoms with Crippen LogP contribution < -0.4 is 14.8 Å². The summed E-state index contributed by atoms with van der Waals surface area (Å²) in [7, 11) is 3.35. The third-order valence-electron chi connectivity index (χ3n) is 4.50. The highest BCUT2D eigenvalue weighted by molar-refractivity contribution is 5.77. The van der Waals surface area contributed by atoms with Crippen LogP contribution in [0, 0.1) is 6.92 Å². The van der Waals surface area contributed by atoms with Gasteiger partial charge in [0, 0.05) is 29.2 Å². The third-order valence-corrected chi connectivity index (χ3v) is 4.50. The Morgan fingerprint density at radius 3 is 2.50 bits per heavy atom. The van der Waals surface area contributed by atoms with E-state index in [1.807, 2.05) is 13.8 Å². The Balaban J connectivity index is 2.25. The van der Waals surface area contributed by atoms with Gasteiger partial charge in [-0.3, -0.25) is 0 Å². The van der Waals surface area contributed by atoms with Gasteiger partial charge in [-0.2, -0.15) is 0 Å². The number of methoxy groups -OCH3 is 2. The molecule has 0 fully saturated rings. The summed E-state index contributed by atoms with van der Waals surface area (Å²) in [6.45, 7) is 3.83. The van der Waals surface area contributed by atoms with E-state index in [-0.39, 0.29) is 12.0 Å². The summed E-state index contributed by atoms with van der Waals surface area (Å²) in [4.78, 5) is 0. The van der Waals surface area contributed by atoms with Crippen molar-refractivity contribution in [2.24, 2.45) is 0 Å². The van der Waals surface area contributed by atoms with Gasteiger partial charge in [0.05, 0.1) is 26.4 Å². The fourth-order valence-corrected chi connectivity index (χ4v) is 3.56. The molecule has 3 rings (SSSR count). The van der Waals surface area contributed by atoms with Crippen molar-refractivity contribution >= 4 is 5.69 Å². The molecule has 2 unspecified atom stereocenters. The van der Waals surface area contributed by atoms with Crippen molar-refractivity contribution in [3.8, 4) is 11.5 Å². The molecule has 1 aliphatic heterocycles. The summed E-state index contributed by atoms with van der Waals surface area (Å²) in [6.07, 6.45) is 8.67. The molecule has 0 saturated heterocycles. The molecule has 2 N–H and O–H groups in total. The molecule has 0 aromatic heterocycles. The van der Waals surface area contributed by atoms with Crippen molar-refractivity contribution in [3.63, 3.8) is 0 Å². The topological polar surface area (TPSA) is 50.7 Å². The summed E-state index contributed by atoms with van der Waals surface area (Å²) < 4.78 is 11.3. The number of aliphatic hydroxyl groups excluding tert-OH is 1. The van der Waals surface area contributed by atoms with Crippen LogP contribution in [0.15, 0.2) is 24.3 Å². The van der Waals surface area contributed by atoms with Crippen molar-refractivity contribution in [3.05, 3.63) is 41.0 Å². The molecule has 2 aliphatic rings. The van der Waals surface area contributed by atoms with Crippen LogP contribution in [0.2, 0.25) is 0 Å².